The number of carbonyl (C=O) groups is 3. The third-order valence-electron chi connectivity index (χ3n) is 4.25. The van der Waals surface area contributed by atoms with E-state index in [2.05, 4.69) is 6.92 Å². The van der Waals surface area contributed by atoms with Gasteiger partial charge in [0.15, 0.2) is 0 Å². The van der Waals surface area contributed by atoms with Crippen LogP contribution in [0.1, 0.15) is 73.6 Å². The maximum atomic E-state index is 13.0. The van der Waals surface area contributed by atoms with Crippen LogP contribution in [0.2, 0.25) is 0 Å². The SMILES string of the molecule is CCCCCC[C@@H](C(=O)OC(C)(C)C)C(=O)N1C(=O)OC[C@H]1C(C)C. The first-order chi connectivity index (χ1) is 11.6. The summed E-state index contributed by atoms with van der Waals surface area (Å²) in [4.78, 5) is 38.7. The number of hydrogen-bond donors (Lipinski definition) is 0. The first kappa shape index (κ1) is 21.5. The number of cyclic esters (lactones) is 1. The van der Waals surface area contributed by atoms with Crippen LogP contribution in [0.5, 0.6) is 0 Å². The van der Waals surface area contributed by atoms with Gasteiger partial charge in [0.05, 0.1) is 6.04 Å². The van der Waals surface area contributed by atoms with Crippen molar-refractivity contribution in [2.45, 2.75) is 85.3 Å². The summed E-state index contributed by atoms with van der Waals surface area (Å²) in [6.07, 6.45) is 3.54. The number of unbranched alkanes of at least 4 members (excludes halogenated alkanes) is 3. The standard InChI is InChI=1S/C19H33NO5/c1-7-8-9-10-11-14(17(22)25-19(4,5)6)16(21)20-15(13(2)3)12-24-18(20)23/h13-15H,7-12H2,1-6H3/t14-,15+/m1/s1. The van der Waals surface area contributed by atoms with Gasteiger partial charge in [-0.2, -0.15) is 0 Å². The Morgan fingerprint density at radius 3 is 2.40 bits per heavy atom. The van der Waals surface area contributed by atoms with E-state index >= 15 is 0 Å². The molecule has 1 rings (SSSR count). The molecule has 0 aliphatic carbocycles. The van der Waals surface area contributed by atoms with Crippen LogP contribution in [0, 0.1) is 11.8 Å². The number of esters is 1. The quantitative estimate of drug-likeness (QED) is 0.375. The molecule has 6 heteroatoms. The molecule has 1 aliphatic heterocycles. The monoisotopic (exact) mass is 355 g/mol. The third-order valence-corrected chi connectivity index (χ3v) is 4.25. The number of imide groups is 1. The predicted molar refractivity (Wildman–Crippen MR) is 94.9 cm³/mol. The lowest BCUT2D eigenvalue weighted by Crippen LogP contribution is -2.47. The second-order valence-electron chi connectivity index (χ2n) is 8.03. The Balaban J connectivity index is 2.93. The molecule has 1 aliphatic rings. The first-order valence-electron chi connectivity index (χ1n) is 9.31. The number of rotatable bonds is 8. The zero-order chi connectivity index (χ0) is 19.2. The van der Waals surface area contributed by atoms with E-state index in [9.17, 15) is 14.4 Å². The van der Waals surface area contributed by atoms with Gasteiger partial charge in [0.2, 0.25) is 5.91 Å². The molecule has 0 aromatic carbocycles. The molecule has 6 nitrogen and oxygen atoms in total. The fraction of sp³-hybridized carbons (Fsp3) is 0.842. The molecule has 0 spiro atoms. The molecule has 0 saturated carbocycles. The smallest absolute Gasteiger partial charge is 0.417 e. The third kappa shape index (κ3) is 6.33. The normalized spacial score (nSPS) is 19.1. The molecule has 1 heterocycles. The van der Waals surface area contributed by atoms with Crippen LogP contribution < -0.4 is 0 Å². The van der Waals surface area contributed by atoms with Crippen LogP contribution in [0.3, 0.4) is 0 Å². The van der Waals surface area contributed by atoms with Crippen molar-refractivity contribution in [3.63, 3.8) is 0 Å². The van der Waals surface area contributed by atoms with Crippen LogP contribution in [0.15, 0.2) is 0 Å². The molecule has 0 radical (unpaired) electrons. The molecule has 25 heavy (non-hydrogen) atoms. The predicted octanol–water partition coefficient (Wildman–Crippen LogP) is 3.92. The van der Waals surface area contributed by atoms with Crippen LogP contribution in [-0.2, 0) is 19.1 Å². The van der Waals surface area contributed by atoms with Crippen molar-refractivity contribution >= 4 is 18.0 Å². The highest BCUT2D eigenvalue weighted by atomic mass is 16.6. The minimum Gasteiger partial charge on any atom is -0.459 e. The molecular weight excluding hydrogens is 322 g/mol. The Morgan fingerprint density at radius 1 is 1.24 bits per heavy atom. The van der Waals surface area contributed by atoms with Gasteiger partial charge in [-0.25, -0.2) is 9.69 Å². The molecular formula is C19H33NO5. The lowest BCUT2D eigenvalue weighted by molar-refractivity contribution is -0.164. The van der Waals surface area contributed by atoms with Crippen LogP contribution >= 0.6 is 0 Å². The van der Waals surface area contributed by atoms with E-state index < -0.39 is 29.5 Å². The van der Waals surface area contributed by atoms with Crippen molar-refractivity contribution < 1.29 is 23.9 Å². The topological polar surface area (TPSA) is 72.9 Å². The maximum Gasteiger partial charge on any atom is 0.417 e. The van der Waals surface area contributed by atoms with Gasteiger partial charge in [-0.15, -0.1) is 0 Å². The van der Waals surface area contributed by atoms with Gasteiger partial charge < -0.3 is 9.47 Å². The number of carbonyl (C=O) groups excluding carboxylic acids is 3. The Labute approximate surface area is 151 Å². The summed E-state index contributed by atoms with van der Waals surface area (Å²) in [7, 11) is 0. The van der Waals surface area contributed by atoms with Crippen LogP contribution in [0.25, 0.3) is 0 Å². The molecule has 1 fully saturated rings. The molecule has 2 amide bonds. The average Bonchev–Trinajstić information content (AvgIpc) is 2.86. The summed E-state index contributed by atoms with van der Waals surface area (Å²) in [5, 5.41) is 0. The molecule has 0 N–H and O–H groups in total. The molecule has 0 unspecified atom stereocenters. The highest BCUT2D eigenvalue weighted by Crippen LogP contribution is 2.26. The lowest BCUT2D eigenvalue weighted by Gasteiger charge is -2.28. The Hall–Kier alpha value is -1.59. The highest BCUT2D eigenvalue weighted by Gasteiger charge is 2.44. The highest BCUT2D eigenvalue weighted by molar-refractivity contribution is 6.04. The van der Waals surface area contributed by atoms with Crippen molar-refractivity contribution in [1.82, 2.24) is 4.90 Å². The Bertz CT molecular complexity index is 481. The van der Waals surface area contributed by atoms with E-state index in [-0.39, 0.29) is 18.6 Å². The summed E-state index contributed by atoms with van der Waals surface area (Å²) >= 11 is 0. The zero-order valence-corrected chi connectivity index (χ0v) is 16.5. The van der Waals surface area contributed by atoms with E-state index in [4.69, 9.17) is 9.47 Å². The van der Waals surface area contributed by atoms with E-state index in [1.165, 1.54) is 0 Å². The fourth-order valence-electron chi connectivity index (χ4n) is 2.84. The van der Waals surface area contributed by atoms with Crippen molar-refractivity contribution in [3.8, 4) is 0 Å². The zero-order valence-electron chi connectivity index (χ0n) is 16.5. The van der Waals surface area contributed by atoms with Crippen molar-refractivity contribution in [3.05, 3.63) is 0 Å². The number of amides is 2. The molecule has 0 bridgehead atoms. The maximum absolute atomic E-state index is 13.0. The molecule has 144 valence electrons. The van der Waals surface area contributed by atoms with Gasteiger partial charge in [0, 0.05) is 0 Å². The summed E-state index contributed by atoms with van der Waals surface area (Å²) < 4.78 is 10.5. The van der Waals surface area contributed by atoms with Gasteiger partial charge in [-0.3, -0.25) is 9.59 Å². The molecule has 0 aromatic rings. The van der Waals surface area contributed by atoms with E-state index in [1.54, 1.807) is 20.8 Å². The van der Waals surface area contributed by atoms with Gasteiger partial charge >= 0.3 is 12.1 Å². The minimum absolute atomic E-state index is 0.0646. The Kier molecular flexibility index (Phi) is 7.90. The second kappa shape index (κ2) is 9.20. The van der Waals surface area contributed by atoms with Crippen LogP contribution in [0.4, 0.5) is 4.79 Å². The Morgan fingerprint density at radius 2 is 1.88 bits per heavy atom. The van der Waals surface area contributed by atoms with Gasteiger partial charge in [-0.05, 0) is 33.1 Å². The summed E-state index contributed by atoms with van der Waals surface area (Å²) in [5.74, 6) is -1.94. The lowest BCUT2D eigenvalue weighted by atomic mass is 9.96. The number of ether oxygens (including phenoxy) is 2. The minimum atomic E-state index is -0.956. The largest absolute Gasteiger partial charge is 0.459 e. The molecule has 2 atom stereocenters. The summed E-state index contributed by atoms with van der Waals surface area (Å²) in [6, 6.07) is -0.333. The fourth-order valence-corrected chi connectivity index (χ4v) is 2.84. The number of hydrogen-bond acceptors (Lipinski definition) is 5. The molecule has 1 saturated heterocycles. The van der Waals surface area contributed by atoms with E-state index in [0.29, 0.717) is 6.42 Å². The van der Waals surface area contributed by atoms with Gasteiger partial charge in [-0.1, -0.05) is 46.5 Å². The van der Waals surface area contributed by atoms with E-state index in [1.807, 2.05) is 13.8 Å². The average molecular weight is 355 g/mol. The van der Waals surface area contributed by atoms with Crippen molar-refractivity contribution in [2.75, 3.05) is 6.61 Å². The molecule has 0 aromatic heterocycles. The second-order valence-corrected chi connectivity index (χ2v) is 8.03. The van der Waals surface area contributed by atoms with Gasteiger partial charge in [0.1, 0.15) is 18.1 Å². The number of nitrogens with zero attached hydrogens (tertiary/aromatic N) is 1. The van der Waals surface area contributed by atoms with E-state index in [0.717, 1.165) is 30.6 Å². The summed E-state index contributed by atoms with van der Waals surface area (Å²) in [6.45, 7) is 11.4. The van der Waals surface area contributed by atoms with Crippen LogP contribution in [-0.4, -0.2) is 41.1 Å². The summed E-state index contributed by atoms with van der Waals surface area (Å²) in [5.41, 5.74) is -0.679. The first-order valence-corrected chi connectivity index (χ1v) is 9.31. The van der Waals surface area contributed by atoms with Gasteiger partial charge in [0.25, 0.3) is 0 Å². The van der Waals surface area contributed by atoms with Crippen molar-refractivity contribution in [1.29, 1.82) is 0 Å². The van der Waals surface area contributed by atoms with Crippen molar-refractivity contribution in [2.24, 2.45) is 11.8 Å².